The van der Waals surface area contributed by atoms with E-state index in [1.54, 1.807) is 24.3 Å². The second kappa shape index (κ2) is 9.52. The third-order valence-corrected chi connectivity index (χ3v) is 6.74. The summed E-state index contributed by atoms with van der Waals surface area (Å²) in [5.74, 6) is 1.10. The largest absolute Gasteiger partial charge is 0.494 e. The minimum Gasteiger partial charge on any atom is -0.494 e. The zero-order chi connectivity index (χ0) is 20.0. The predicted octanol–water partition coefficient (Wildman–Crippen LogP) is 0.135. The molecule has 1 aliphatic rings. The Morgan fingerprint density at radius 3 is 2.30 bits per heavy atom. The number of piperazine rings is 1. The molecule has 0 radical (unpaired) electrons. The Balaban J connectivity index is 1.94. The maximum Gasteiger partial charge on any atom is 0.278 e. The van der Waals surface area contributed by atoms with E-state index in [0.29, 0.717) is 51.0 Å². The Hall–Kier alpha value is -1.64. The molecule has 1 aliphatic heterocycles. The van der Waals surface area contributed by atoms with Gasteiger partial charge in [0.2, 0.25) is 10.0 Å². The van der Waals surface area contributed by atoms with Crippen LogP contribution in [0.2, 0.25) is 0 Å². The van der Waals surface area contributed by atoms with E-state index in [4.69, 9.17) is 4.74 Å². The zero-order valence-corrected chi connectivity index (χ0v) is 17.5. The van der Waals surface area contributed by atoms with Crippen LogP contribution in [0.4, 0.5) is 0 Å². The Bertz CT molecular complexity index is 711. The summed E-state index contributed by atoms with van der Waals surface area (Å²) in [6.07, 6.45) is 0. The lowest BCUT2D eigenvalue weighted by Gasteiger charge is -2.34. The smallest absolute Gasteiger partial charge is 0.278 e. The number of rotatable bonds is 8. The molecular formula is C19H32N3O4S+. The van der Waals surface area contributed by atoms with Gasteiger partial charge in [-0.25, -0.2) is 8.42 Å². The Labute approximate surface area is 162 Å². The minimum absolute atomic E-state index is 0.0292. The van der Waals surface area contributed by atoms with Crippen LogP contribution in [-0.2, 0) is 14.8 Å². The molecule has 7 nitrogen and oxygen atoms in total. The quantitative estimate of drug-likeness (QED) is 0.653. The number of hydrogen-bond donors (Lipinski definition) is 2. The van der Waals surface area contributed by atoms with Crippen LogP contribution in [0.3, 0.4) is 0 Å². The van der Waals surface area contributed by atoms with E-state index in [9.17, 15) is 13.2 Å². The fourth-order valence-corrected chi connectivity index (χ4v) is 4.56. The normalized spacial score (nSPS) is 17.7. The molecule has 0 aromatic heterocycles. The highest BCUT2D eigenvalue weighted by Crippen LogP contribution is 2.19. The zero-order valence-electron chi connectivity index (χ0n) is 16.7. The maximum atomic E-state index is 12.8. The maximum absolute atomic E-state index is 12.8. The molecule has 152 valence electrons. The van der Waals surface area contributed by atoms with Crippen LogP contribution < -0.4 is 15.0 Å². The van der Waals surface area contributed by atoms with Crippen LogP contribution in [0, 0.1) is 5.92 Å². The number of nitrogens with zero attached hydrogens (tertiary/aromatic N) is 1. The molecule has 8 heteroatoms. The van der Waals surface area contributed by atoms with Crippen molar-refractivity contribution in [2.45, 2.75) is 38.6 Å². The molecule has 1 aromatic rings. The molecule has 27 heavy (non-hydrogen) atoms. The molecule has 1 saturated heterocycles. The van der Waals surface area contributed by atoms with Gasteiger partial charge >= 0.3 is 0 Å². The van der Waals surface area contributed by atoms with Gasteiger partial charge in [0.05, 0.1) is 37.7 Å². The van der Waals surface area contributed by atoms with Gasteiger partial charge in [-0.05, 0) is 44.0 Å². The molecule has 0 unspecified atom stereocenters. The number of quaternary nitrogens is 1. The molecule has 0 saturated carbocycles. The average molecular weight is 399 g/mol. The second-order valence-electron chi connectivity index (χ2n) is 7.33. The molecule has 0 bridgehead atoms. The number of carbonyl (C=O) groups excluding carboxylic acids is 1. The van der Waals surface area contributed by atoms with Gasteiger partial charge in [0.15, 0.2) is 6.04 Å². The summed E-state index contributed by atoms with van der Waals surface area (Å²) in [5, 5.41) is 2.96. The molecule has 0 aliphatic carbocycles. The van der Waals surface area contributed by atoms with Crippen molar-refractivity contribution >= 4 is 15.9 Å². The molecule has 1 fully saturated rings. The predicted molar refractivity (Wildman–Crippen MR) is 104 cm³/mol. The van der Waals surface area contributed by atoms with Gasteiger partial charge < -0.3 is 15.0 Å². The van der Waals surface area contributed by atoms with E-state index in [-0.39, 0.29) is 16.8 Å². The van der Waals surface area contributed by atoms with Crippen LogP contribution in [0.5, 0.6) is 5.75 Å². The average Bonchev–Trinajstić information content (AvgIpc) is 2.66. The molecule has 0 spiro atoms. The van der Waals surface area contributed by atoms with Crippen molar-refractivity contribution in [2.24, 2.45) is 5.92 Å². The van der Waals surface area contributed by atoms with Crippen LogP contribution in [-0.4, -0.2) is 64.0 Å². The molecular weight excluding hydrogens is 366 g/mol. The van der Waals surface area contributed by atoms with E-state index in [0.717, 1.165) is 4.90 Å². The van der Waals surface area contributed by atoms with Crippen LogP contribution in [0.1, 0.15) is 27.7 Å². The van der Waals surface area contributed by atoms with Gasteiger partial charge in [0, 0.05) is 6.54 Å². The number of ether oxygens (including phenoxy) is 1. The Morgan fingerprint density at radius 2 is 1.78 bits per heavy atom. The highest BCUT2D eigenvalue weighted by molar-refractivity contribution is 7.89. The lowest BCUT2D eigenvalue weighted by molar-refractivity contribution is -0.917. The van der Waals surface area contributed by atoms with Crippen molar-refractivity contribution in [2.75, 3.05) is 39.3 Å². The standard InChI is InChI=1S/C19H31N3O4S/c1-5-26-17-6-8-18(9-7-17)27(24,25)22-12-10-21(11-13-22)16(4)19(23)20-14-15(2)3/h6-9,15-16H,5,10-14H2,1-4H3,(H,20,23)/p+1/t16-/m0/s1. The van der Waals surface area contributed by atoms with Gasteiger partial charge in [-0.3, -0.25) is 4.79 Å². The first-order chi connectivity index (χ1) is 12.8. The van der Waals surface area contributed by atoms with E-state index < -0.39 is 10.0 Å². The fraction of sp³-hybridized carbons (Fsp3) is 0.632. The first-order valence-corrected chi connectivity index (χ1v) is 11.0. The number of sulfonamides is 1. The molecule has 2 rings (SSSR count). The van der Waals surface area contributed by atoms with Crippen LogP contribution in [0.15, 0.2) is 29.2 Å². The van der Waals surface area contributed by atoms with Crippen molar-refractivity contribution in [3.05, 3.63) is 24.3 Å². The van der Waals surface area contributed by atoms with E-state index in [2.05, 4.69) is 19.2 Å². The number of hydrogen-bond acceptors (Lipinski definition) is 4. The summed E-state index contributed by atoms with van der Waals surface area (Å²) in [4.78, 5) is 13.7. The molecule has 1 atom stereocenters. The number of carbonyl (C=O) groups is 1. The first-order valence-electron chi connectivity index (χ1n) is 9.61. The summed E-state index contributed by atoms with van der Waals surface area (Å²) in [5.41, 5.74) is 0. The van der Waals surface area contributed by atoms with Gasteiger partial charge in [-0.15, -0.1) is 0 Å². The third kappa shape index (κ3) is 5.67. The molecule has 1 amide bonds. The van der Waals surface area contributed by atoms with E-state index in [1.165, 1.54) is 4.31 Å². The number of benzene rings is 1. The highest BCUT2D eigenvalue weighted by Gasteiger charge is 2.34. The Kier molecular flexibility index (Phi) is 7.64. The molecule has 1 aromatic carbocycles. The second-order valence-corrected chi connectivity index (χ2v) is 9.27. The van der Waals surface area contributed by atoms with Crippen molar-refractivity contribution in [1.29, 1.82) is 0 Å². The summed E-state index contributed by atoms with van der Waals surface area (Å²) in [6, 6.07) is 6.35. The van der Waals surface area contributed by atoms with Crippen molar-refractivity contribution < 1.29 is 22.8 Å². The minimum atomic E-state index is -3.52. The summed E-state index contributed by atoms with van der Waals surface area (Å²) >= 11 is 0. The summed E-state index contributed by atoms with van der Waals surface area (Å²) in [7, 11) is -3.52. The summed E-state index contributed by atoms with van der Waals surface area (Å²) in [6.45, 7) is 11.2. The molecule has 1 heterocycles. The first kappa shape index (κ1) is 21.7. The van der Waals surface area contributed by atoms with E-state index >= 15 is 0 Å². The molecule has 2 N–H and O–H groups in total. The van der Waals surface area contributed by atoms with Crippen molar-refractivity contribution in [3.8, 4) is 5.75 Å². The monoisotopic (exact) mass is 398 g/mol. The van der Waals surface area contributed by atoms with Gasteiger partial charge in [-0.2, -0.15) is 4.31 Å². The van der Waals surface area contributed by atoms with Crippen LogP contribution >= 0.6 is 0 Å². The van der Waals surface area contributed by atoms with Crippen molar-refractivity contribution in [3.63, 3.8) is 0 Å². The number of amides is 1. The van der Waals surface area contributed by atoms with E-state index in [1.807, 2.05) is 13.8 Å². The van der Waals surface area contributed by atoms with Crippen molar-refractivity contribution in [1.82, 2.24) is 9.62 Å². The van der Waals surface area contributed by atoms with Gasteiger partial charge in [-0.1, -0.05) is 13.8 Å². The topological polar surface area (TPSA) is 80.2 Å². The lowest BCUT2D eigenvalue weighted by atomic mass is 10.2. The third-order valence-electron chi connectivity index (χ3n) is 4.83. The van der Waals surface area contributed by atoms with Gasteiger partial charge in [0.1, 0.15) is 5.75 Å². The fourth-order valence-electron chi connectivity index (χ4n) is 3.11. The SMILES string of the molecule is CCOc1ccc(S(=O)(=O)N2CC[NH+]([C@@H](C)C(=O)NCC(C)C)CC2)cc1. The summed E-state index contributed by atoms with van der Waals surface area (Å²) < 4.78 is 32.6. The number of nitrogens with one attached hydrogen (secondary N) is 2. The lowest BCUT2D eigenvalue weighted by Crippen LogP contribution is -3.19. The Morgan fingerprint density at radius 1 is 1.19 bits per heavy atom. The van der Waals surface area contributed by atoms with Gasteiger partial charge in [0.25, 0.3) is 5.91 Å². The highest BCUT2D eigenvalue weighted by atomic mass is 32.2. The van der Waals surface area contributed by atoms with Crippen LogP contribution in [0.25, 0.3) is 0 Å².